The Bertz CT molecular complexity index is 824. The third kappa shape index (κ3) is 6.12. The molecule has 0 bridgehead atoms. The summed E-state index contributed by atoms with van der Waals surface area (Å²) in [7, 11) is 1.68. The van der Waals surface area contributed by atoms with Gasteiger partial charge in [-0.2, -0.15) is 0 Å². The molecule has 0 aliphatic heterocycles. The van der Waals surface area contributed by atoms with Gasteiger partial charge in [0.15, 0.2) is 0 Å². The van der Waals surface area contributed by atoms with Gasteiger partial charge < -0.3 is 14.6 Å². The molecule has 1 N–H and O–H groups in total. The number of benzene rings is 3. The minimum absolute atomic E-state index is 0.251. The standard InChI is InChI=1S/C24H27NO3/c1-27-24-15-9-8-12-21(24)17-25(16-20-10-4-2-5-11-20)18-22(26)19-28-23-13-6-3-7-14-23/h2-15,22,26H,16-19H2,1H3/t22-/m1/s1. The Labute approximate surface area is 167 Å². The van der Waals surface area contributed by atoms with Crippen LogP contribution in [-0.2, 0) is 13.1 Å². The van der Waals surface area contributed by atoms with Crippen molar-refractivity contribution in [2.75, 3.05) is 20.3 Å². The highest BCUT2D eigenvalue weighted by Gasteiger charge is 2.15. The van der Waals surface area contributed by atoms with E-state index in [1.807, 2.05) is 66.7 Å². The number of hydrogen-bond donors (Lipinski definition) is 1. The lowest BCUT2D eigenvalue weighted by Crippen LogP contribution is -2.35. The van der Waals surface area contributed by atoms with Crippen molar-refractivity contribution in [2.45, 2.75) is 19.2 Å². The first-order chi connectivity index (χ1) is 13.7. The summed E-state index contributed by atoms with van der Waals surface area (Å²) in [6.07, 6.45) is -0.598. The molecule has 0 radical (unpaired) electrons. The third-order valence-electron chi connectivity index (χ3n) is 4.49. The molecule has 28 heavy (non-hydrogen) atoms. The Morgan fingerprint density at radius 3 is 2.18 bits per heavy atom. The fraction of sp³-hybridized carbons (Fsp3) is 0.250. The van der Waals surface area contributed by atoms with Gasteiger partial charge in [0.2, 0.25) is 0 Å². The van der Waals surface area contributed by atoms with Gasteiger partial charge in [0.25, 0.3) is 0 Å². The average molecular weight is 377 g/mol. The number of hydrogen-bond acceptors (Lipinski definition) is 4. The fourth-order valence-electron chi connectivity index (χ4n) is 3.16. The number of nitrogens with zero attached hydrogens (tertiary/aromatic N) is 1. The lowest BCUT2D eigenvalue weighted by atomic mass is 10.1. The van der Waals surface area contributed by atoms with Crippen LogP contribution in [0.4, 0.5) is 0 Å². The van der Waals surface area contributed by atoms with Crippen molar-refractivity contribution in [2.24, 2.45) is 0 Å². The summed E-state index contributed by atoms with van der Waals surface area (Å²) in [6, 6.07) is 27.8. The molecule has 3 rings (SSSR count). The molecule has 0 aliphatic rings. The molecule has 0 unspecified atom stereocenters. The smallest absolute Gasteiger partial charge is 0.123 e. The predicted molar refractivity (Wildman–Crippen MR) is 111 cm³/mol. The highest BCUT2D eigenvalue weighted by molar-refractivity contribution is 5.33. The zero-order valence-corrected chi connectivity index (χ0v) is 16.2. The van der Waals surface area contributed by atoms with Gasteiger partial charge in [-0.1, -0.05) is 66.7 Å². The van der Waals surface area contributed by atoms with Crippen molar-refractivity contribution >= 4 is 0 Å². The van der Waals surface area contributed by atoms with Crippen LogP contribution in [0.25, 0.3) is 0 Å². The lowest BCUT2D eigenvalue weighted by Gasteiger charge is -2.26. The van der Waals surface area contributed by atoms with Crippen LogP contribution in [0.15, 0.2) is 84.9 Å². The molecule has 0 fully saturated rings. The molecule has 0 aromatic heterocycles. The van der Waals surface area contributed by atoms with Gasteiger partial charge in [0, 0.05) is 25.2 Å². The number of methoxy groups -OCH3 is 1. The number of para-hydroxylation sites is 2. The van der Waals surface area contributed by atoms with E-state index < -0.39 is 6.10 Å². The monoisotopic (exact) mass is 377 g/mol. The summed E-state index contributed by atoms with van der Waals surface area (Å²) in [5.41, 5.74) is 2.30. The van der Waals surface area contributed by atoms with Crippen molar-refractivity contribution in [3.63, 3.8) is 0 Å². The maximum absolute atomic E-state index is 10.6. The molecule has 0 heterocycles. The topological polar surface area (TPSA) is 41.9 Å². The second-order valence-corrected chi connectivity index (χ2v) is 6.74. The fourth-order valence-corrected chi connectivity index (χ4v) is 3.16. The first-order valence-corrected chi connectivity index (χ1v) is 9.48. The number of aliphatic hydroxyl groups is 1. The molecule has 1 atom stereocenters. The molecule has 4 nitrogen and oxygen atoms in total. The van der Waals surface area contributed by atoms with E-state index in [1.54, 1.807) is 7.11 Å². The summed E-state index contributed by atoms with van der Waals surface area (Å²) in [5, 5.41) is 10.6. The van der Waals surface area contributed by atoms with Crippen LogP contribution >= 0.6 is 0 Å². The molecule has 0 saturated carbocycles. The second-order valence-electron chi connectivity index (χ2n) is 6.74. The van der Waals surface area contributed by atoms with E-state index >= 15 is 0 Å². The van der Waals surface area contributed by atoms with Crippen molar-refractivity contribution in [3.05, 3.63) is 96.1 Å². The average Bonchev–Trinajstić information content (AvgIpc) is 2.74. The van der Waals surface area contributed by atoms with Crippen molar-refractivity contribution in [1.82, 2.24) is 4.90 Å². The Hall–Kier alpha value is -2.82. The van der Waals surface area contributed by atoms with Crippen LogP contribution in [0, 0.1) is 0 Å². The van der Waals surface area contributed by atoms with E-state index in [0.29, 0.717) is 13.1 Å². The SMILES string of the molecule is COc1ccccc1CN(Cc1ccccc1)C[C@@H](O)COc1ccccc1. The first kappa shape index (κ1) is 19.9. The molecule has 3 aromatic carbocycles. The van der Waals surface area contributed by atoms with Crippen LogP contribution in [-0.4, -0.2) is 36.4 Å². The van der Waals surface area contributed by atoms with Crippen LogP contribution in [0.5, 0.6) is 11.5 Å². The molecule has 0 amide bonds. The van der Waals surface area contributed by atoms with Crippen molar-refractivity contribution in [3.8, 4) is 11.5 Å². The van der Waals surface area contributed by atoms with Crippen molar-refractivity contribution < 1.29 is 14.6 Å². The Morgan fingerprint density at radius 1 is 0.821 bits per heavy atom. The van der Waals surface area contributed by atoms with Crippen molar-refractivity contribution in [1.29, 1.82) is 0 Å². The highest BCUT2D eigenvalue weighted by atomic mass is 16.5. The minimum atomic E-state index is -0.598. The number of rotatable bonds is 10. The summed E-state index contributed by atoms with van der Waals surface area (Å²) in [6.45, 7) is 2.17. The number of ether oxygens (including phenoxy) is 2. The normalized spacial score (nSPS) is 12.0. The quantitative estimate of drug-likeness (QED) is 0.577. The van der Waals surface area contributed by atoms with Crippen LogP contribution in [0.3, 0.4) is 0 Å². The Morgan fingerprint density at radius 2 is 1.46 bits per heavy atom. The molecule has 0 aliphatic carbocycles. The summed E-state index contributed by atoms with van der Waals surface area (Å²) in [5.74, 6) is 1.62. The maximum atomic E-state index is 10.6. The van der Waals surface area contributed by atoms with Gasteiger partial charge in [0.1, 0.15) is 24.2 Å². The predicted octanol–water partition coefficient (Wildman–Crippen LogP) is 4.14. The number of aliphatic hydroxyl groups excluding tert-OH is 1. The van der Waals surface area contributed by atoms with E-state index in [2.05, 4.69) is 23.1 Å². The molecular weight excluding hydrogens is 350 g/mol. The first-order valence-electron chi connectivity index (χ1n) is 9.48. The lowest BCUT2D eigenvalue weighted by molar-refractivity contribution is 0.0626. The zero-order chi connectivity index (χ0) is 19.6. The van der Waals surface area contributed by atoms with Crippen LogP contribution < -0.4 is 9.47 Å². The van der Waals surface area contributed by atoms with E-state index in [4.69, 9.17) is 9.47 Å². The molecular formula is C24H27NO3. The molecule has 0 spiro atoms. The third-order valence-corrected chi connectivity index (χ3v) is 4.49. The van der Waals surface area contributed by atoms with Crippen LogP contribution in [0.2, 0.25) is 0 Å². The highest BCUT2D eigenvalue weighted by Crippen LogP contribution is 2.20. The van der Waals surface area contributed by atoms with Gasteiger partial charge in [-0.15, -0.1) is 0 Å². The molecule has 146 valence electrons. The Balaban J connectivity index is 1.66. The zero-order valence-electron chi connectivity index (χ0n) is 16.2. The molecule has 4 heteroatoms. The van der Waals surface area contributed by atoms with Gasteiger partial charge in [0.05, 0.1) is 7.11 Å². The molecule has 0 saturated heterocycles. The Kier molecular flexibility index (Phi) is 7.47. The van der Waals surface area contributed by atoms with Gasteiger partial charge in [-0.25, -0.2) is 0 Å². The summed E-state index contributed by atoms with van der Waals surface area (Å²) >= 11 is 0. The minimum Gasteiger partial charge on any atom is -0.496 e. The van der Waals surface area contributed by atoms with E-state index in [9.17, 15) is 5.11 Å². The summed E-state index contributed by atoms with van der Waals surface area (Å²) in [4.78, 5) is 2.21. The van der Waals surface area contributed by atoms with E-state index in [0.717, 1.165) is 23.6 Å². The van der Waals surface area contributed by atoms with E-state index in [1.165, 1.54) is 5.56 Å². The summed E-state index contributed by atoms with van der Waals surface area (Å²) < 4.78 is 11.2. The molecule has 3 aromatic rings. The van der Waals surface area contributed by atoms with Gasteiger partial charge in [-0.05, 0) is 23.8 Å². The van der Waals surface area contributed by atoms with E-state index in [-0.39, 0.29) is 6.61 Å². The maximum Gasteiger partial charge on any atom is 0.123 e. The van der Waals surface area contributed by atoms with Gasteiger partial charge >= 0.3 is 0 Å². The second kappa shape index (κ2) is 10.5. The largest absolute Gasteiger partial charge is 0.496 e. The van der Waals surface area contributed by atoms with Crippen LogP contribution in [0.1, 0.15) is 11.1 Å². The van der Waals surface area contributed by atoms with Gasteiger partial charge in [-0.3, -0.25) is 4.90 Å².